The Balaban J connectivity index is 2.11. The van der Waals surface area contributed by atoms with Crippen molar-refractivity contribution in [1.29, 1.82) is 0 Å². The first-order valence-electron chi connectivity index (χ1n) is 5.18. The number of ether oxygens (including phenoxy) is 1. The molecular formula is C11H9F3INO2. The molecule has 1 amide bonds. The summed E-state index contributed by atoms with van der Waals surface area (Å²) in [6.07, 6.45) is -3.95. The van der Waals surface area contributed by atoms with Crippen molar-refractivity contribution in [3.05, 3.63) is 24.3 Å². The molecule has 1 atom stereocenters. The zero-order valence-corrected chi connectivity index (χ0v) is 11.2. The molecule has 1 aromatic carbocycles. The Morgan fingerprint density at radius 2 is 1.89 bits per heavy atom. The van der Waals surface area contributed by atoms with Crippen molar-refractivity contribution in [2.24, 2.45) is 0 Å². The van der Waals surface area contributed by atoms with Gasteiger partial charge in [-0.15, -0.1) is 13.2 Å². The van der Waals surface area contributed by atoms with Crippen molar-refractivity contribution in [1.82, 2.24) is 0 Å². The smallest absolute Gasteiger partial charge is 0.406 e. The molecule has 7 heteroatoms. The highest BCUT2D eigenvalue weighted by atomic mass is 127. The maximum atomic E-state index is 12.0. The Labute approximate surface area is 115 Å². The molecule has 18 heavy (non-hydrogen) atoms. The first-order chi connectivity index (χ1) is 8.37. The maximum Gasteiger partial charge on any atom is 0.573 e. The van der Waals surface area contributed by atoms with Gasteiger partial charge in [0.2, 0.25) is 5.91 Å². The topological polar surface area (TPSA) is 29.5 Å². The van der Waals surface area contributed by atoms with Crippen molar-refractivity contribution < 1.29 is 22.7 Å². The predicted octanol–water partition coefficient (Wildman–Crippen LogP) is 3.13. The van der Waals surface area contributed by atoms with E-state index in [1.54, 1.807) is 4.90 Å². The Morgan fingerprint density at radius 1 is 1.28 bits per heavy atom. The van der Waals surface area contributed by atoms with Gasteiger partial charge in [-0.3, -0.25) is 4.79 Å². The summed E-state index contributed by atoms with van der Waals surface area (Å²) in [6, 6.07) is 5.31. The second kappa shape index (κ2) is 4.94. The van der Waals surface area contributed by atoms with Gasteiger partial charge in [0, 0.05) is 12.2 Å². The number of hydrogen-bond donors (Lipinski definition) is 0. The lowest BCUT2D eigenvalue weighted by Crippen LogP contribution is -2.26. The van der Waals surface area contributed by atoms with E-state index in [1.165, 1.54) is 24.3 Å². The highest BCUT2D eigenvalue weighted by Crippen LogP contribution is 2.29. The molecule has 2 rings (SSSR count). The molecule has 1 unspecified atom stereocenters. The second-order valence-electron chi connectivity index (χ2n) is 3.79. The number of amides is 1. The monoisotopic (exact) mass is 371 g/mol. The zero-order valence-electron chi connectivity index (χ0n) is 9.08. The summed E-state index contributed by atoms with van der Waals surface area (Å²) in [4.78, 5) is 13.3. The minimum absolute atomic E-state index is 0.0138. The number of nitrogens with zero attached hydrogens (tertiary/aromatic N) is 1. The normalized spacial score (nSPS) is 20.3. The Morgan fingerprint density at radius 3 is 2.33 bits per heavy atom. The molecule has 0 radical (unpaired) electrons. The van der Waals surface area contributed by atoms with Crippen molar-refractivity contribution in [3.63, 3.8) is 0 Å². The van der Waals surface area contributed by atoms with Crippen molar-refractivity contribution in [2.75, 3.05) is 11.4 Å². The van der Waals surface area contributed by atoms with Gasteiger partial charge < -0.3 is 9.64 Å². The minimum atomic E-state index is -4.70. The lowest BCUT2D eigenvalue weighted by atomic mass is 10.3. The summed E-state index contributed by atoms with van der Waals surface area (Å²) in [6.45, 7) is 0.589. The molecule has 98 valence electrons. The maximum absolute atomic E-state index is 12.0. The van der Waals surface area contributed by atoms with Crippen LogP contribution in [0, 0.1) is 0 Å². The molecule has 0 aromatic heterocycles. The molecule has 0 spiro atoms. The fourth-order valence-corrected chi connectivity index (χ4v) is 2.34. The molecule has 1 heterocycles. The third-order valence-electron chi connectivity index (χ3n) is 2.52. The Bertz CT molecular complexity index is 447. The molecule has 1 saturated heterocycles. The molecule has 0 aliphatic carbocycles. The molecule has 0 saturated carbocycles. The van der Waals surface area contributed by atoms with E-state index in [2.05, 4.69) is 27.3 Å². The zero-order chi connectivity index (χ0) is 13.3. The van der Waals surface area contributed by atoms with Gasteiger partial charge in [0.15, 0.2) is 0 Å². The van der Waals surface area contributed by atoms with Crippen LogP contribution in [0.2, 0.25) is 0 Å². The van der Waals surface area contributed by atoms with Crippen molar-refractivity contribution in [3.8, 4) is 5.75 Å². The average Bonchev–Trinajstić information content (AvgIpc) is 2.59. The molecule has 0 bridgehead atoms. The number of carbonyl (C=O) groups excluding carboxylic acids is 1. The van der Waals surface area contributed by atoms with E-state index in [0.29, 0.717) is 12.2 Å². The van der Waals surface area contributed by atoms with E-state index in [0.717, 1.165) is 6.42 Å². The Kier molecular flexibility index (Phi) is 3.69. The fraction of sp³-hybridized carbons (Fsp3) is 0.364. The van der Waals surface area contributed by atoms with Crippen LogP contribution >= 0.6 is 22.6 Å². The van der Waals surface area contributed by atoms with Gasteiger partial charge in [-0.05, 0) is 30.7 Å². The van der Waals surface area contributed by atoms with Crippen LogP contribution in [0.15, 0.2) is 24.3 Å². The van der Waals surface area contributed by atoms with E-state index >= 15 is 0 Å². The van der Waals surface area contributed by atoms with Crippen molar-refractivity contribution in [2.45, 2.75) is 16.7 Å². The van der Waals surface area contributed by atoms with Crippen LogP contribution in [0.5, 0.6) is 5.75 Å². The number of alkyl halides is 4. The van der Waals surface area contributed by atoms with Crippen LogP contribution in [0.1, 0.15) is 6.42 Å². The number of hydrogen-bond acceptors (Lipinski definition) is 2. The predicted molar refractivity (Wildman–Crippen MR) is 67.9 cm³/mol. The molecule has 1 aromatic rings. The third-order valence-corrected chi connectivity index (χ3v) is 3.68. The van der Waals surface area contributed by atoms with E-state index < -0.39 is 6.36 Å². The van der Waals surface area contributed by atoms with Crippen LogP contribution in [-0.2, 0) is 4.79 Å². The summed E-state index contributed by atoms with van der Waals surface area (Å²) in [5, 5.41) is 0. The van der Waals surface area contributed by atoms with Gasteiger partial charge in [-0.2, -0.15) is 0 Å². The van der Waals surface area contributed by atoms with Crippen LogP contribution in [0.4, 0.5) is 18.9 Å². The summed E-state index contributed by atoms with van der Waals surface area (Å²) < 4.78 is 39.6. The first kappa shape index (κ1) is 13.4. The second-order valence-corrected chi connectivity index (χ2v) is 5.29. The minimum Gasteiger partial charge on any atom is -0.406 e. The SMILES string of the molecule is O=C1C(I)CCN1c1ccc(OC(F)(F)F)cc1. The van der Waals surface area contributed by atoms with Crippen LogP contribution in [0.25, 0.3) is 0 Å². The summed E-state index contributed by atoms with van der Waals surface area (Å²) >= 11 is 2.06. The molecule has 0 N–H and O–H groups in total. The molecule has 1 fully saturated rings. The van der Waals surface area contributed by atoms with E-state index in [-0.39, 0.29) is 15.6 Å². The highest BCUT2D eigenvalue weighted by Gasteiger charge is 2.32. The molecule has 3 nitrogen and oxygen atoms in total. The van der Waals surface area contributed by atoms with E-state index in [9.17, 15) is 18.0 Å². The Hall–Kier alpha value is -0.990. The number of benzene rings is 1. The molecule has 1 aliphatic heterocycles. The number of anilines is 1. The van der Waals surface area contributed by atoms with Crippen LogP contribution < -0.4 is 9.64 Å². The quantitative estimate of drug-likeness (QED) is 0.591. The van der Waals surface area contributed by atoms with Crippen molar-refractivity contribution >= 4 is 34.2 Å². The fourth-order valence-electron chi connectivity index (χ4n) is 1.73. The summed E-state index contributed by atoms with van der Waals surface area (Å²) in [7, 11) is 0. The largest absolute Gasteiger partial charge is 0.573 e. The standard InChI is InChI=1S/C11H9F3INO2/c12-11(13,14)18-8-3-1-7(2-4-8)16-6-5-9(15)10(16)17/h1-4,9H,5-6H2. The van der Waals surface area contributed by atoms with E-state index in [4.69, 9.17) is 0 Å². The van der Waals surface area contributed by atoms with E-state index in [1.807, 2.05) is 0 Å². The average molecular weight is 371 g/mol. The molecule has 1 aliphatic rings. The molecular weight excluding hydrogens is 362 g/mol. The van der Waals surface area contributed by atoms with Gasteiger partial charge in [0.1, 0.15) is 5.75 Å². The van der Waals surface area contributed by atoms with Crippen LogP contribution in [0.3, 0.4) is 0 Å². The highest BCUT2D eigenvalue weighted by molar-refractivity contribution is 14.1. The number of rotatable bonds is 2. The summed E-state index contributed by atoms with van der Waals surface area (Å²) in [5.41, 5.74) is 0.591. The van der Waals surface area contributed by atoms with Gasteiger partial charge in [-0.25, -0.2) is 0 Å². The van der Waals surface area contributed by atoms with Gasteiger partial charge in [-0.1, -0.05) is 22.6 Å². The third kappa shape index (κ3) is 3.06. The van der Waals surface area contributed by atoms with Gasteiger partial charge in [0.25, 0.3) is 0 Å². The number of halogens is 4. The number of carbonyl (C=O) groups is 1. The van der Waals surface area contributed by atoms with Gasteiger partial charge in [0.05, 0.1) is 3.92 Å². The lowest BCUT2D eigenvalue weighted by molar-refractivity contribution is -0.274. The first-order valence-corrected chi connectivity index (χ1v) is 6.42. The van der Waals surface area contributed by atoms with Gasteiger partial charge >= 0.3 is 6.36 Å². The van der Waals surface area contributed by atoms with Crippen LogP contribution in [-0.4, -0.2) is 22.7 Å². The lowest BCUT2D eigenvalue weighted by Gasteiger charge is -2.16. The summed E-state index contributed by atoms with van der Waals surface area (Å²) in [5.74, 6) is -0.302.